The number of likely N-dealkylation sites (N-methyl/N-ethyl adjacent to an activating group) is 1. The van der Waals surface area contributed by atoms with E-state index in [1.54, 1.807) is 0 Å². The predicted molar refractivity (Wildman–Crippen MR) is 43.6 cm³/mol. The number of carboxylic acids is 1. The van der Waals surface area contributed by atoms with Gasteiger partial charge in [-0.1, -0.05) is 0 Å². The minimum atomic E-state index is -1.22. The zero-order chi connectivity index (χ0) is 10.4. The van der Waals surface area contributed by atoms with Crippen molar-refractivity contribution in [2.24, 2.45) is 5.73 Å². The fourth-order valence-electron chi connectivity index (χ4n) is 0.581. The van der Waals surface area contributed by atoms with Gasteiger partial charge in [0.2, 0.25) is 11.8 Å². The van der Waals surface area contributed by atoms with Gasteiger partial charge in [0.05, 0.1) is 6.54 Å². The highest BCUT2D eigenvalue weighted by Crippen LogP contribution is 1.86. The first kappa shape index (κ1) is 11.2. The molecule has 6 heteroatoms. The van der Waals surface area contributed by atoms with E-state index in [1.165, 1.54) is 7.05 Å². The van der Waals surface area contributed by atoms with Gasteiger partial charge < -0.3 is 15.7 Å². The van der Waals surface area contributed by atoms with Crippen molar-refractivity contribution in [3.05, 3.63) is 12.2 Å². The molecule has 6 nitrogen and oxygen atoms in total. The molecular weight excluding hydrogens is 176 g/mol. The topological polar surface area (TPSA) is 101 Å². The van der Waals surface area contributed by atoms with E-state index in [4.69, 9.17) is 10.8 Å². The summed E-state index contributed by atoms with van der Waals surface area (Å²) in [4.78, 5) is 32.3. The molecule has 72 valence electrons. The van der Waals surface area contributed by atoms with Crippen LogP contribution in [-0.4, -0.2) is 41.4 Å². The zero-order valence-corrected chi connectivity index (χ0v) is 7.06. The third-order valence-electron chi connectivity index (χ3n) is 1.14. The molecule has 0 saturated carbocycles. The number of amides is 2. The molecule has 3 N–H and O–H groups in total. The van der Waals surface area contributed by atoms with Crippen LogP contribution in [0.15, 0.2) is 12.2 Å². The standard InChI is InChI=1S/C7H10N2O4/c1-9(4-5(8)10)6(11)2-3-7(12)13/h2-3H,4H2,1H3,(H2,8,10)(H,12,13)/b3-2+. The Hall–Kier alpha value is -1.85. The predicted octanol–water partition coefficient (Wildman–Crippen LogP) is -1.43. The molecule has 0 aliphatic rings. The Morgan fingerprint density at radius 2 is 1.92 bits per heavy atom. The number of nitrogens with zero attached hydrogens (tertiary/aromatic N) is 1. The van der Waals surface area contributed by atoms with Crippen molar-refractivity contribution in [1.82, 2.24) is 4.90 Å². The number of rotatable bonds is 4. The van der Waals surface area contributed by atoms with Gasteiger partial charge in [-0.3, -0.25) is 9.59 Å². The molecule has 2 amide bonds. The first-order valence-electron chi connectivity index (χ1n) is 3.38. The van der Waals surface area contributed by atoms with Crippen LogP contribution in [0.1, 0.15) is 0 Å². The molecule has 0 heterocycles. The Morgan fingerprint density at radius 3 is 2.31 bits per heavy atom. The molecule has 0 spiro atoms. The molecule has 0 bridgehead atoms. The van der Waals surface area contributed by atoms with Crippen molar-refractivity contribution in [3.63, 3.8) is 0 Å². The van der Waals surface area contributed by atoms with E-state index in [-0.39, 0.29) is 6.54 Å². The Balaban J connectivity index is 4.11. The Morgan fingerprint density at radius 1 is 1.38 bits per heavy atom. The highest BCUT2D eigenvalue weighted by Gasteiger charge is 2.07. The molecule has 0 rings (SSSR count). The van der Waals surface area contributed by atoms with Crippen molar-refractivity contribution in [2.75, 3.05) is 13.6 Å². The minimum absolute atomic E-state index is 0.233. The van der Waals surface area contributed by atoms with Crippen LogP contribution in [-0.2, 0) is 14.4 Å². The number of hydrogen-bond donors (Lipinski definition) is 2. The van der Waals surface area contributed by atoms with Crippen LogP contribution in [0, 0.1) is 0 Å². The second-order valence-corrected chi connectivity index (χ2v) is 2.33. The lowest BCUT2D eigenvalue weighted by Gasteiger charge is -2.11. The number of aliphatic carboxylic acids is 1. The van der Waals surface area contributed by atoms with Gasteiger partial charge in [-0.25, -0.2) is 4.79 Å². The molecule has 0 saturated heterocycles. The Labute approximate surface area is 74.6 Å². The largest absolute Gasteiger partial charge is 0.478 e. The van der Waals surface area contributed by atoms with Gasteiger partial charge in [-0.05, 0) is 0 Å². The van der Waals surface area contributed by atoms with E-state index in [2.05, 4.69) is 0 Å². The quantitative estimate of drug-likeness (QED) is 0.525. The van der Waals surface area contributed by atoms with Crippen molar-refractivity contribution in [3.8, 4) is 0 Å². The van der Waals surface area contributed by atoms with Crippen LogP contribution in [0.4, 0.5) is 0 Å². The number of carbonyl (C=O) groups is 3. The van der Waals surface area contributed by atoms with Crippen molar-refractivity contribution < 1.29 is 19.5 Å². The van der Waals surface area contributed by atoms with Crippen LogP contribution in [0.5, 0.6) is 0 Å². The molecule has 0 aromatic rings. The van der Waals surface area contributed by atoms with E-state index in [9.17, 15) is 14.4 Å². The van der Waals surface area contributed by atoms with Crippen molar-refractivity contribution in [1.29, 1.82) is 0 Å². The van der Waals surface area contributed by atoms with Gasteiger partial charge in [0.15, 0.2) is 0 Å². The third-order valence-corrected chi connectivity index (χ3v) is 1.14. The van der Waals surface area contributed by atoms with Crippen molar-refractivity contribution in [2.45, 2.75) is 0 Å². The Kier molecular flexibility index (Phi) is 4.21. The summed E-state index contributed by atoms with van der Waals surface area (Å²) in [5.74, 6) is -2.46. The highest BCUT2D eigenvalue weighted by molar-refractivity contribution is 5.95. The zero-order valence-electron chi connectivity index (χ0n) is 7.06. The average Bonchev–Trinajstić information content (AvgIpc) is 1.98. The molecule has 0 aliphatic carbocycles. The first-order valence-corrected chi connectivity index (χ1v) is 3.38. The maximum atomic E-state index is 11.0. The lowest BCUT2D eigenvalue weighted by molar-refractivity contribution is -0.132. The highest BCUT2D eigenvalue weighted by atomic mass is 16.4. The number of carboxylic acid groups (broad SMARTS) is 1. The molecule has 0 radical (unpaired) electrons. The van der Waals surface area contributed by atoms with Crippen molar-refractivity contribution >= 4 is 17.8 Å². The summed E-state index contributed by atoms with van der Waals surface area (Å²) in [5, 5.41) is 8.18. The average molecular weight is 186 g/mol. The van der Waals surface area contributed by atoms with Gasteiger partial charge >= 0.3 is 5.97 Å². The number of carbonyl (C=O) groups excluding carboxylic acids is 2. The van der Waals surface area contributed by atoms with Gasteiger partial charge in [0, 0.05) is 19.2 Å². The maximum Gasteiger partial charge on any atom is 0.328 e. The number of primary amides is 1. The second kappa shape index (κ2) is 4.91. The first-order chi connectivity index (χ1) is 5.93. The minimum Gasteiger partial charge on any atom is -0.478 e. The van der Waals surface area contributed by atoms with Crippen LogP contribution < -0.4 is 5.73 Å². The maximum absolute atomic E-state index is 11.0. The van der Waals surface area contributed by atoms with Crippen LogP contribution in [0.3, 0.4) is 0 Å². The molecule has 0 fully saturated rings. The molecule has 13 heavy (non-hydrogen) atoms. The van der Waals surface area contributed by atoms with Gasteiger partial charge in [0.25, 0.3) is 0 Å². The van der Waals surface area contributed by atoms with Gasteiger partial charge in [-0.15, -0.1) is 0 Å². The lowest BCUT2D eigenvalue weighted by atomic mass is 10.4. The normalized spacial score (nSPS) is 9.92. The van der Waals surface area contributed by atoms with E-state index >= 15 is 0 Å². The lowest BCUT2D eigenvalue weighted by Crippen LogP contribution is -2.34. The molecule has 0 atom stereocenters. The molecule has 0 aromatic carbocycles. The number of nitrogens with two attached hydrogens (primary N) is 1. The van der Waals surface area contributed by atoms with E-state index in [0.717, 1.165) is 11.0 Å². The fraction of sp³-hybridized carbons (Fsp3) is 0.286. The van der Waals surface area contributed by atoms with Crippen LogP contribution in [0.2, 0.25) is 0 Å². The Bertz CT molecular complexity index is 259. The summed E-state index contributed by atoms with van der Waals surface area (Å²) in [6, 6.07) is 0. The summed E-state index contributed by atoms with van der Waals surface area (Å²) in [6.45, 7) is -0.233. The summed E-state index contributed by atoms with van der Waals surface area (Å²) in [7, 11) is 1.35. The van der Waals surface area contributed by atoms with E-state index in [1.807, 2.05) is 0 Å². The van der Waals surface area contributed by atoms with Crippen LogP contribution >= 0.6 is 0 Å². The SMILES string of the molecule is CN(CC(N)=O)C(=O)/C=C/C(=O)O. The molecule has 0 aliphatic heterocycles. The second-order valence-electron chi connectivity index (χ2n) is 2.33. The van der Waals surface area contributed by atoms with E-state index in [0.29, 0.717) is 6.08 Å². The van der Waals surface area contributed by atoms with Gasteiger partial charge in [-0.2, -0.15) is 0 Å². The molecule has 0 aromatic heterocycles. The molecule has 0 unspecified atom stereocenters. The smallest absolute Gasteiger partial charge is 0.328 e. The number of hydrogen-bond acceptors (Lipinski definition) is 3. The summed E-state index contributed by atoms with van der Waals surface area (Å²) in [5.41, 5.74) is 4.81. The summed E-state index contributed by atoms with van der Waals surface area (Å²) < 4.78 is 0. The fourth-order valence-corrected chi connectivity index (χ4v) is 0.581. The van der Waals surface area contributed by atoms with E-state index < -0.39 is 17.8 Å². The summed E-state index contributed by atoms with van der Waals surface area (Å²) in [6.07, 6.45) is 1.55. The molecular formula is C7H10N2O4. The van der Waals surface area contributed by atoms with Crippen LogP contribution in [0.25, 0.3) is 0 Å². The third kappa shape index (κ3) is 5.42. The van der Waals surface area contributed by atoms with Gasteiger partial charge in [0.1, 0.15) is 0 Å². The summed E-state index contributed by atoms with van der Waals surface area (Å²) >= 11 is 0. The monoisotopic (exact) mass is 186 g/mol.